The Morgan fingerprint density at radius 2 is 1.05 bits per heavy atom. The van der Waals surface area contributed by atoms with Crippen LogP contribution in [-0.2, 0) is 43.2 Å². The van der Waals surface area contributed by atoms with Gasteiger partial charge in [0.05, 0.1) is 0 Å². The number of hydrogen-bond donors (Lipinski definition) is 9. The third-order valence-corrected chi connectivity index (χ3v) is 9.60. The van der Waals surface area contributed by atoms with E-state index in [1.54, 1.807) is 52.2 Å². The highest BCUT2D eigenvalue weighted by molar-refractivity contribution is 5.96. The van der Waals surface area contributed by atoms with E-state index in [0.29, 0.717) is 16.7 Å². The minimum absolute atomic E-state index is 0.00754. The number of benzene rings is 3. The van der Waals surface area contributed by atoms with Crippen molar-refractivity contribution in [2.45, 2.75) is 77.2 Å². The number of aliphatic hydroxyl groups excluding tert-OH is 1. The molecule has 5 rings (SSSR count). The molecule has 5 atom stereocenters. The molecule has 14 nitrogen and oxygen atoms in total. The standard InChI is InChI=1S/C41H48N6O8/c1-22(2)35(47-38(51)32(45-40(53)36(49)23(3)4)17-24-13-15-27(48)16-14-24)39(52)44-33(18-25-20-42-30-11-7-5-9-28(25)30)37(50)46-34(41(54)55)19-26-21-43-31-12-8-6-10-29(26)31/h5-16,20-23,32-36,42-43,48-49H,17-19H2,1-4H3,(H,44,52)(H,45,53)(H,46,50)(H,47,51)(H,54,55)/t32-,33-,34-,35-,36-/m0/s1. The number of phenolic OH excluding ortho intramolecular Hbond substituents is 1. The van der Waals surface area contributed by atoms with Gasteiger partial charge in [0.25, 0.3) is 0 Å². The molecule has 5 aromatic rings. The normalized spacial score (nSPS) is 14.2. The van der Waals surface area contributed by atoms with Crippen molar-refractivity contribution >= 4 is 51.4 Å². The Hall–Kier alpha value is -6.15. The molecule has 2 heterocycles. The summed E-state index contributed by atoms with van der Waals surface area (Å²) in [5.41, 5.74) is 3.62. The van der Waals surface area contributed by atoms with Crippen molar-refractivity contribution in [1.29, 1.82) is 0 Å². The smallest absolute Gasteiger partial charge is 0.326 e. The van der Waals surface area contributed by atoms with Gasteiger partial charge >= 0.3 is 5.97 Å². The summed E-state index contributed by atoms with van der Waals surface area (Å²) in [6.07, 6.45) is 1.98. The van der Waals surface area contributed by atoms with E-state index < -0.39 is 71.7 Å². The highest BCUT2D eigenvalue weighted by atomic mass is 16.4. The molecule has 14 heteroatoms. The van der Waals surface area contributed by atoms with Crippen molar-refractivity contribution in [1.82, 2.24) is 31.2 Å². The number of aromatic amines is 2. The van der Waals surface area contributed by atoms with Crippen LogP contribution in [0.5, 0.6) is 5.75 Å². The highest BCUT2D eigenvalue weighted by Crippen LogP contribution is 2.22. The Kier molecular flexibility index (Phi) is 12.9. The maximum atomic E-state index is 14.1. The van der Waals surface area contributed by atoms with Gasteiger partial charge in [0.15, 0.2) is 0 Å². The van der Waals surface area contributed by atoms with Gasteiger partial charge in [-0.15, -0.1) is 0 Å². The van der Waals surface area contributed by atoms with Crippen molar-refractivity contribution in [3.8, 4) is 5.75 Å². The van der Waals surface area contributed by atoms with Gasteiger partial charge in [0.2, 0.25) is 23.6 Å². The molecule has 0 aliphatic heterocycles. The Labute approximate surface area is 318 Å². The second-order valence-electron chi connectivity index (χ2n) is 14.4. The molecule has 0 unspecified atom stereocenters. The fourth-order valence-corrected chi connectivity index (χ4v) is 6.41. The van der Waals surface area contributed by atoms with Gasteiger partial charge < -0.3 is 46.6 Å². The molecule has 0 saturated heterocycles. The number of aromatic hydroxyl groups is 1. The summed E-state index contributed by atoms with van der Waals surface area (Å²) in [4.78, 5) is 73.7. The van der Waals surface area contributed by atoms with Crippen molar-refractivity contribution < 1.29 is 39.3 Å². The molecule has 0 bridgehead atoms. The van der Waals surface area contributed by atoms with Crippen molar-refractivity contribution in [3.05, 3.63) is 102 Å². The van der Waals surface area contributed by atoms with Crippen LogP contribution in [-0.4, -0.2) is 85.2 Å². The largest absolute Gasteiger partial charge is 0.508 e. The van der Waals surface area contributed by atoms with E-state index in [1.165, 1.54) is 12.1 Å². The number of carbonyl (C=O) groups is 5. The number of aliphatic hydroxyl groups is 1. The second kappa shape index (κ2) is 17.8. The molecule has 0 fully saturated rings. The monoisotopic (exact) mass is 752 g/mol. The first-order valence-electron chi connectivity index (χ1n) is 18.2. The molecular weight excluding hydrogens is 704 g/mol. The Balaban J connectivity index is 1.39. The van der Waals surface area contributed by atoms with E-state index in [9.17, 15) is 39.3 Å². The Bertz CT molecular complexity index is 2140. The zero-order chi connectivity index (χ0) is 39.8. The zero-order valence-corrected chi connectivity index (χ0v) is 31.1. The van der Waals surface area contributed by atoms with Crippen LogP contribution in [0.4, 0.5) is 0 Å². The zero-order valence-electron chi connectivity index (χ0n) is 31.1. The average molecular weight is 753 g/mol. The lowest BCUT2D eigenvalue weighted by atomic mass is 9.98. The third kappa shape index (κ3) is 10.1. The minimum atomic E-state index is -1.39. The van der Waals surface area contributed by atoms with Crippen molar-refractivity contribution in [3.63, 3.8) is 0 Å². The molecule has 2 aromatic heterocycles. The lowest BCUT2D eigenvalue weighted by Gasteiger charge is -2.28. The fourth-order valence-electron chi connectivity index (χ4n) is 6.41. The molecule has 0 aliphatic carbocycles. The predicted molar refractivity (Wildman–Crippen MR) is 207 cm³/mol. The Morgan fingerprint density at radius 3 is 1.58 bits per heavy atom. The topological polar surface area (TPSA) is 226 Å². The first-order chi connectivity index (χ1) is 26.2. The van der Waals surface area contributed by atoms with Crippen LogP contribution >= 0.6 is 0 Å². The van der Waals surface area contributed by atoms with E-state index >= 15 is 0 Å². The van der Waals surface area contributed by atoms with Gasteiger partial charge in [0.1, 0.15) is 36.0 Å². The van der Waals surface area contributed by atoms with E-state index in [4.69, 9.17) is 0 Å². The van der Waals surface area contributed by atoms with Crippen LogP contribution in [0.3, 0.4) is 0 Å². The Morgan fingerprint density at radius 1 is 0.582 bits per heavy atom. The number of para-hydroxylation sites is 2. The van der Waals surface area contributed by atoms with E-state index in [2.05, 4.69) is 31.2 Å². The lowest BCUT2D eigenvalue weighted by molar-refractivity contribution is -0.142. The number of aromatic nitrogens is 2. The van der Waals surface area contributed by atoms with Crippen molar-refractivity contribution in [2.75, 3.05) is 0 Å². The minimum Gasteiger partial charge on any atom is -0.508 e. The summed E-state index contributed by atoms with van der Waals surface area (Å²) in [6.45, 7) is 6.72. The molecule has 3 aromatic carbocycles. The number of H-pyrrole nitrogens is 2. The van der Waals surface area contributed by atoms with Crippen LogP contribution in [0.2, 0.25) is 0 Å². The first kappa shape index (κ1) is 40.0. The van der Waals surface area contributed by atoms with Crippen molar-refractivity contribution in [2.24, 2.45) is 11.8 Å². The quantitative estimate of drug-likeness (QED) is 0.0685. The van der Waals surface area contributed by atoms with Crippen LogP contribution in [0.25, 0.3) is 21.8 Å². The summed E-state index contributed by atoms with van der Waals surface area (Å²) in [5.74, 6) is -5.10. The van der Waals surface area contributed by atoms with Crippen LogP contribution in [0.1, 0.15) is 44.4 Å². The van der Waals surface area contributed by atoms with Gasteiger partial charge in [-0.05, 0) is 52.8 Å². The fraction of sp³-hybridized carbons (Fsp3) is 0.341. The predicted octanol–water partition coefficient (Wildman–Crippen LogP) is 3.08. The third-order valence-electron chi connectivity index (χ3n) is 9.60. The summed E-state index contributed by atoms with van der Waals surface area (Å²) in [5, 5.41) is 42.7. The molecule has 0 aliphatic rings. The van der Waals surface area contributed by atoms with Gasteiger partial charge in [-0.3, -0.25) is 19.2 Å². The molecule has 4 amide bonds. The number of hydrogen-bond acceptors (Lipinski definition) is 7. The molecule has 0 radical (unpaired) electrons. The number of fused-ring (bicyclic) bond motifs is 2. The molecule has 9 N–H and O–H groups in total. The number of carboxylic acids is 1. The summed E-state index contributed by atoms with van der Waals surface area (Å²) in [7, 11) is 0. The number of carbonyl (C=O) groups excluding carboxylic acids is 4. The van der Waals surface area contributed by atoms with Gasteiger partial charge in [-0.25, -0.2) is 4.79 Å². The van der Waals surface area contributed by atoms with Crippen LogP contribution in [0, 0.1) is 11.8 Å². The van der Waals surface area contributed by atoms with Crippen LogP contribution < -0.4 is 21.3 Å². The molecule has 290 valence electrons. The van der Waals surface area contributed by atoms with E-state index in [1.807, 2.05) is 48.5 Å². The highest BCUT2D eigenvalue weighted by Gasteiger charge is 2.34. The maximum Gasteiger partial charge on any atom is 0.326 e. The average Bonchev–Trinajstić information content (AvgIpc) is 3.76. The molecule has 0 spiro atoms. The SMILES string of the molecule is CC(C)[C@H](O)C(=O)N[C@@H](Cc1ccc(O)cc1)C(=O)N[C@H](C(=O)N[C@@H](Cc1c[nH]c2ccccc12)C(=O)N[C@@H](Cc1c[nH]c2ccccc12)C(=O)O)C(C)C. The molecular formula is C41H48N6O8. The number of aliphatic carboxylic acids is 1. The number of amides is 4. The number of nitrogens with one attached hydrogen (secondary N) is 6. The lowest BCUT2D eigenvalue weighted by Crippen LogP contribution is -2.60. The van der Waals surface area contributed by atoms with E-state index in [-0.39, 0.29) is 25.0 Å². The van der Waals surface area contributed by atoms with Crippen LogP contribution in [0.15, 0.2) is 85.2 Å². The molecule has 55 heavy (non-hydrogen) atoms. The number of carboxylic acid groups (broad SMARTS) is 1. The first-order valence-corrected chi connectivity index (χ1v) is 18.2. The van der Waals surface area contributed by atoms with E-state index in [0.717, 1.165) is 21.8 Å². The van der Waals surface area contributed by atoms with Gasteiger partial charge in [-0.1, -0.05) is 76.2 Å². The second-order valence-corrected chi connectivity index (χ2v) is 14.4. The maximum absolute atomic E-state index is 14.1. The number of phenols is 1. The van der Waals surface area contributed by atoms with Gasteiger partial charge in [0, 0.05) is 53.5 Å². The summed E-state index contributed by atoms with van der Waals surface area (Å²) < 4.78 is 0. The summed E-state index contributed by atoms with van der Waals surface area (Å²) >= 11 is 0. The summed E-state index contributed by atoms with van der Waals surface area (Å²) in [6, 6.07) is 15.9. The van der Waals surface area contributed by atoms with Gasteiger partial charge in [-0.2, -0.15) is 0 Å². The molecule has 0 saturated carbocycles. The number of rotatable bonds is 17.